The minimum atomic E-state index is -0.719. The van der Waals surface area contributed by atoms with Crippen LogP contribution >= 0.6 is 0 Å². The highest BCUT2D eigenvalue weighted by Crippen LogP contribution is 2.36. The number of nitrogens with one attached hydrogen (secondary N) is 4. The van der Waals surface area contributed by atoms with Crippen molar-refractivity contribution in [1.29, 1.82) is 0 Å². The molecule has 3 fully saturated rings. The van der Waals surface area contributed by atoms with Crippen LogP contribution in [0, 0.1) is 0 Å². The van der Waals surface area contributed by atoms with E-state index in [1.165, 1.54) is 23.4 Å². The summed E-state index contributed by atoms with van der Waals surface area (Å²) in [6.07, 6.45) is 6.90. The molecule has 4 N–H and O–H groups in total. The molecule has 20 heteroatoms. The topological polar surface area (TPSA) is 210 Å². The van der Waals surface area contributed by atoms with Crippen molar-refractivity contribution in [2.45, 2.75) is 57.2 Å². The molecule has 0 radical (unpaired) electrons. The lowest BCUT2D eigenvalue weighted by Gasteiger charge is -2.36. The molecule has 1 unspecified atom stereocenters. The number of anilines is 6. The Morgan fingerprint density at radius 3 is 2.18 bits per heavy atom. The van der Waals surface area contributed by atoms with E-state index in [-0.39, 0.29) is 43.7 Å². The molecule has 1 aliphatic carbocycles. The van der Waals surface area contributed by atoms with E-state index in [9.17, 15) is 19.2 Å². The largest absolute Gasteiger partial charge is 0.378 e. The molecule has 0 spiro atoms. The normalized spacial score (nSPS) is 17.5. The molecule has 20 nitrogen and oxygen atoms in total. The van der Waals surface area contributed by atoms with Crippen molar-refractivity contribution in [3.63, 3.8) is 0 Å². The smallest absolute Gasteiger partial charge is 0.255 e. The maximum absolute atomic E-state index is 13.1. The molecule has 9 rings (SSSR count). The first-order valence-electron chi connectivity index (χ1n) is 25.2. The minimum absolute atomic E-state index is 0.128. The van der Waals surface area contributed by atoms with E-state index >= 15 is 0 Å². The van der Waals surface area contributed by atoms with Crippen molar-refractivity contribution in [2.24, 2.45) is 0 Å². The summed E-state index contributed by atoms with van der Waals surface area (Å²) in [5, 5.41) is 12.2. The van der Waals surface area contributed by atoms with Gasteiger partial charge in [0.1, 0.15) is 11.6 Å². The summed E-state index contributed by atoms with van der Waals surface area (Å²) < 4.78 is 25.1. The average Bonchev–Trinajstić information content (AvgIpc) is 4.13. The predicted octanol–water partition coefficient (Wildman–Crippen LogP) is 4.95. The maximum Gasteiger partial charge on any atom is 0.255 e. The van der Waals surface area contributed by atoms with Crippen molar-refractivity contribution in [2.75, 3.05) is 127 Å². The Kier molecular flexibility index (Phi) is 17.3. The highest BCUT2D eigenvalue weighted by molar-refractivity contribution is 6.07. The number of carbonyl (C=O) groups is 4. The third kappa shape index (κ3) is 13.1. The molecule has 3 aromatic carbocycles. The molecule has 72 heavy (non-hydrogen) atoms. The van der Waals surface area contributed by atoms with Crippen molar-refractivity contribution < 1.29 is 38.1 Å². The number of piperidine rings is 1. The number of amides is 4. The number of imidazole rings is 1. The molecule has 3 aliphatic heterocycles. The van der Waals surface area contributed by atoms with Crippen molar-refractivity contribution in [3.8, 4) is 0 Å². The number of nitrogens with zero attached hydrogens (tertiary/aromatic N) is 8. The number of benzene rings is 3. The zero-order valence-corrected chi connectivity index (χ0v) is 41.1. The van der Waals surface area contributed by atoms with Crippen LogP contribution in [-0.4, -0.2) is 170 Å². The standard InChI is InChI=1S/C52H66N12O8/c1-60(36-47(66)56-43-13-7-12-41-42(43)35-63(50(41)68)45-18-19-46(65)58-49(45)67)24-26-69-28-30-71-32-33-72-31-29-70-27-25-61-20-22-62(23-21-61)39-16-14-38(15-17-39)54-51-53-34-44-48(59-51)64(40-10-5-6-11-40)52(57-44)55-37-8-3-2-4-9-37/h2-4,7-9,12-17,34,40,45H,5-6,10-11,18-33,35-36H2,1H3,(H,55,57)(H,56,66)(H,53,54,59)(H,58,65,67). The fourth-order valence-electron chi connectivity index (χ4n) is 9.71. The number of para-hydroxylation sites is 1. The third-order valence-electron chi connectivity index (χ3n) is 13.6. The number of piperazine rings is 1. The van der Waals surface area contributed by atoms with Gasteiger partial charge in [0, 0.05) is 92.2 Å². The van der Waals surface area contributed by atoms with Gasteiger partial charge < -0.3 is 44.7 Å². The SMILES string of the molecule is CN(CCOCCOCCOCCOCCN1CCN(c2ccc(Nc3ncc4nc(Nc5ccccc5)n(C5CCCC5)c4n3)cc2)CC1)CC(=O)Nc1cccc2c1CN(C1CCC(=O)NC1=O)C2=O. The van der Waals surface area contributed by atoms with Gasteiger partial charge >= 0.3 is 0 Å². The van der Waals surface area contributed by atoms with E-state index in [0.29, 0.717) is 88.2 Å². The highest BCUT2D eigenvalue weighted by atomic mass is 16.6. The summed E-state index contributed by atoms with van der Waals surface area (Å²) in [7, 11) is 1.83. The lowest BCUT2D eigenvalue weighted by Crippen LogP contribution is -2.52. The Bertz CT molecular complexity index is 2620. The lowest BCUT2D eigenvalue weighted by atomic mass is 10.0. The molecule has 5 heterocycles. The Morgan fingerprint density at radius 2 is 1.46 bits per heavy atom. The molecule has 2 aromatic heterocycles. The van der Waals surface area contributed by atoms with Crippen LogP contribution in [0.1, 0.15) is 60.5 Å². The van der Waals surface area contributed by atoms with E-state index < -0.39 is 11.9 Å². The molecular weight excluding hydrogens is 921 g/mol. The zero-order chi connectivity index (χ0) is 49.7. The van der Waals surface area contributed by atoms with Crippen molar-refractivity contribution >= 4 is 69.4 Å². The first-order valence-corrected chi connectivity index (χ1v) is 25.2. The number of likely N-dealkylation sites (N-methyl/N-ethyl adjacent to an activating group) is 1. The summed E-state index contributed by atoms with van der Waals surface area (Å²) in [4.78, 5) is 72.7. The molecule has 2 saturated heterocycles. The fourth-order valence-corrected chi connectivity index (χ4v) is 9.71. The van der Waals surface area contributed by atoms with Gasteiger partial charge in [-0.05, 0) is 74.8 Å². The molecule has 4 amide bonds. The van der Waals surface area contributed by atoms with Gasteiger partial charge in [-0.2, -0.15) is 4.98 Å². The van der Waals surface area contributed by atoms with Crippen molar-refractivity contribution in [1.82, 2.24) is 39.5 Å². The fraction of sp³-hybridized carbons (Fsp3) is 0.481. The van der Waals surface area contributed by atoms with Crippen LogP contribution in [-0.2, 0) is 39.9 Å². The second kappa shape index (κ2) is 24.7. The van der Waals surface area contributed by atoms with Gasteiger partial charge in [-0.3, -0.25) is 38.9 Å². The quantitative estimate of drug-likeness (QED) is 0.0451. The number of carbonyl (C=O) groups excluding carboxylic acids is 4. The van der Waals surface area contributed by atoms with E-state index in [2.05, 4.69) is 64.9 Å². The lowest BCUT2D eigenvalue weighted by molar-refractivity contribution is -0.137. The number of ether oxygens (including phenoxy) is 4. The van der Waals surface area contributed by atoms with Gasteiger partial charge in [0.2, 0.25) is 29.6 Å². The number of rotatable bonds is 25. The van der Waals surface area contributed by atoms with Gasteiger partial charge in [-0.25, -0.2) is 9.97 Å². The van der Waals surface area contributed by atoms with Crippen LogP contribution < -0.4 is 26.2 Å². The maximum atomic E-state index is 13.1. The Labute approximate surface area is 419 Å². The van der Waals surface area contributed by atoms with Gasteiger partial charge in [0.05, 0.1) is 65.6 Å². The molecule has 5 aromatic rings. The summed E-state index contributed by atoms with van der Waals surface area (Å²) >= 11 is 0. The van der Waals surface area contributed by atoms with Crippen molar-refractivity contribution in [3.05, 3.63) is 90.1 Å². The Morgan fingerprint density at radius 1 is 0.764 bits per heavy atom. The van der Waals surface area contributed by atoms with E-state index in [4.69, 9.17) is 28.9 Å². The van der Waals surface area contributed by atoms with Gasteiger partial charge in [0.15, 0.2) is 5.65 Å². The van der Waals surface area contributed by atoms with Crippen LogP contribution in [0.5, 0.6) is 0 Å². The average molecular weight is 987 g/mol. The van der Waals surface area contributed by atoms with Gasteiger partial charge in [0.25, 0.3) is 5.91 Å². The molecule has 1 atom stereocenters. The second-order valence-corrected chi connectivity index (χ2v) is 18.6. The predicted molar refractivity (Wildman–Crippen MR) is 273 cm³/mol. The van der Waals surface area contributed by atoms with E-state index in [1.807, 2.05) is 48.5 Å². The minimum Gasteiger partial charge on any atom is -0.378 e. The number of aromatic nitrogens is 4. The molecule has 1 saturated carbocycles. The van der Waals surface area contributed by atoms with Crippen LogP contribution in [0.25, 0.3) is 11.2 Å². The van der Waals surface area contributed by atoms with E-state index in [1.54, 1.807) is 18.2 Å². The summed E-state index contributed by atoms with van der Waals surface area (Å²) in [6, 6.07) is 23.4. The number of hydrogen-bond donors (Lipinski definition) is 4. The number of imide groups is 1. The van der Waals surface area contributed by atoms with Gasteiger partial charge in [-0.15, -0.1) is 0 Å². The zero-order valence-electron chi connectivity index (χ0n) is 41.1. The first-order chi connectivity index (χ1) is 35.3. The Balaban J connectivity index is 0.582. The van der Waals surface area contributed by atoms with E-state index in [0.717, 1.165) is 74.1 Å². The second-order valence-electron chi connectivity index (χ2n) is 18.6. The highest BCUT2D eigenvalue weighted by Gasteiger charge is 2.40. The number of hydrogen-bond acceptors (Lipinski definition) is 16. The summed E-state index contributed by atoms with van der Waals surface area (Å²) in [5.41, 5.74) is 6.39. The Hall–Kier alpha value is -6.55. The van der Waals surface area contributed by atoms with Crippen LogP contribution in [0.2, 0.25) is 0 Å². The van der Waals surface area contributed by atoms with Crippen LogP contribution in [0.3, 0.4) is 0 Å². The number of fused-ring (bicyclic) bond motifs is 2. The molecular formula is C52H66N12O8. The molecule has 4 aliphatic rings. The first kappa shape index (κ1) is 50.4. The van der Waals surface area contributed by atoms with Gasteiger partial charge in [-0.1, -0.05) is 37.1 Å². The molecule has 382 valence electrons. The summed E-state index contributed by atoms with van der Waals surface area (Å²) in [5.74, 6) is 0.0300. The summed E-state index contributed by atoms with van der Waals surface area (Å²) in [6.45, 7) is 9.46. The molecule has 0 bridgehead atoms. The monoisotopic (exact) mass is 987 g/mol. The third-order valence-corrected chi connectivity index (χ3v) is 13.6. The van der Waals surface area contributed by atoms with Crippen LogP contribution in [0.4, 0.5) is 34.6 Å². The van der Waals surface area contributed by atoms with Crippen LogP contribution in [0.15, 0.2) is 79.0 Å².